The normalized spacial score (nSPS) is 23.4. The van der Waals surface area contributed by atoms with E-state index >= 15 is 0 Å². The molecule has 5 N–H and O–H groups in total. The lowest BCUT2D eigenvalue weighted by Crippen LogP contribution is -2.36. The van der Waals surface area contributed by atoms with Gasteiger partial charge in [-0.05, 0) is 24.7 Å². The quantitative estimate of drug-likeness (QED) is 0.424. The van der Waals surface area contributed by atoms with Crippen molar-refractivity contribution in [3.8, 4) is 0 Å². The van der Waals surface area contributed by atoms with Gasteiger partial charge in [-0.2, -0.15) is 0 Å². The summed E-state index contributed by atoms with van der Waals surface area (Å²) >= 11 is 0. The molecule has 0 radical (unpaired) electrons. The minimum Gasteiger partial charge on any atom is -0.370 e. The minimum atomic E-state index is -0.0827. The number of carbonyl (C=O) groups excluding carboxylic acids is 1. The van der Waals surface area contributed by atoms with E-state index in [4.69, 9.17) is 11.1 Å². The molecular weight excluding hydrogens is 228 g/mol. The number of carbonyl (C=O) groups is 1. The first-order valence-electron chi connectivity index (χ1n) is 6.96. The lowest BCUT2D eigenvalue weighted by atomic mass is 9.81. The van der Waals surface area contributed by atoms with E-state index in [9.17, 15) is 4.79 Å². The molecule has 0 atom stereocenters. The highest BCUT2D eigenvalue weighted by molar-refractivity contribution is 5.78. The topological polar surface area (TPSA) is 91.0 Å². The standard InChI is InChI=1S/C13H26N4O/c1-2-10-3-5-11(6-4-10)9-17-12(18)7-8-16-13(14)15/h10-11H,2-9H2,1H3,(H,17,18)(H4,14,15,16). The fourth-order valence-corrected chi connectivity index (χ4v) is 2.50. The van der Waals surface area contributed by atoms with Crippen LogP contribution in [0.5, 0.6) is 0 Å². The second-order valence-electron chi connectivity index (χ2n) is 5.19. The van der Waals surface area contributed by atoms with Crippen LogP contribution in [-0.2, 0) is 4.79 Å². The molecule has 1 fully saturated rings. The maximum atomic E-state index is 11.5. The van der Waals surface area contributed by atoms with Crippen molar-refractivity contribution in [2.45, 2.75) is 45.4 Å². The van der Waals surface area contributed by atoms with Crippen LogP contribution in [0, 0.1) is 17.2 Å². The molecule has 0 bridgehead atoms. The SMILES string of the molecule is CCC1CCC(CNC(=O)CCNC(=N)N)CC1. The predicted octanol–water partition coefficient (Wildman–Crippen LogP) is 1.19. The number of hydrogen-bond donors (Lipinski definition) is 4. The highest BCUT2D eigenvalue weighted by atomic mass is 16.1. The van der Waals surface area contributed by atoms with Crippen LogP contribution >= 0.6 is 0 Å². The van der Waals surface area contributed by atoms with Crippen molar-refractivity contribution in [3.05, 3.63) is 0 Å². The Kier molecular flexibility index (Phi) is 6.54. The van der Waals surface area contributed by atoms with Crippen LogP contribution in [0.3, 0.4) is 0 Å². The van der Waals surface area contributed by atoms with Crippen molar-refractivity contribution in [2.75, 3.05) is 13.1 Å². The predicted molar refractivity (Wildman–Crippen MR) is 73.3 cm³/mol. The summed E-state index contributed by atoms with van der Waals surface area (Å²) in [5.41, 5.74) is 5.14. The van der Waals surface area contributed by atoms with E-state index in [1.807, 2.05) is 0 Å². The van der Waals surface area contributed by atoms with Crippen LogP contribution < -0.4 is 16.4 Å². The van der Waals surface area contributed by atoms with Crippen molar-refractivity contribution < 1.29 is 4.79 Å². The molecule has 104 valence electrons. The molecule has 0 heterocycles. The number of rotatable bonds is 6. The van der Waals surface area contributed by atoms with Crippen molar-refractivity contribution in [2.24, 2.45) is 17.6 Å². The summed E-state index contributed by atoms with van der Waals surface area (Å²) in [6, 6.07) is 0. The van der Waals surface area contributed by atoms with E-state index in [1.54, 1.807) is 0 Å². The molecule has 1 rings (SSSR count). The van der Waals surface area contributed by atoms with Crippen LogP contribution in [0.15, 0.2) is 0 Å². The first kappa shape index (κ1) is 14.8. The Morgan fingerprint density at radius 1 is 1.22 bits per heavy atom. The van der Waals surface area contributed by atoms with Crippen molar-refractivity contribution in [1.82, 2.24) is 10.6 Å². The van der Waals surface area contributed by atoms with Gasteiger partial charge in [-0.3, -0.25) is 10.2 Å². The van der Waals surface area contributed by atoms with Crippen LogP contribution in [0.4, 0.5) is 0 Å². The zero-order valence-corrected chi connectivity index (χ0v) is 11.3. The fourth-order valence-electron chi connectivity index (χ4n) is 2.50. The fraction of sp³-hybridized carbons (Fsp3) is 0.846. The van der Waals surface area contributed by atoms with Crippen LogP contribution in [0.2, 0.25) is 0 Å². The summed E-state index contributed by atoms with van der Waals surface area (Å²) in [4.78, 5) is 11.5. The molecule has 5 nitrogen and oxygen atoms in total. The molecular formula is C13H26N4O. The minimum absolute atomic E-state index is 0.0429. The number of nitrogens with one attached hydrogen (secondary N) is 3. The largest absolute Gasteiger partial charge is 0.370 e. The molecule has 0 spiro atoms. The molecule has 0 aromatic rings. The lowest BCUT2D eigenvalue weighted by molar-refractivity contribution is -0.121. The summed E-state index contributed by atoms with van der Waals surface area (Å²) in [5, 5.41) is 12.6. The molecule has 1 saturated carbocycles. The van der Waals surface area contributed by atoms with Crippen molar-refractivity contribution in [1.29, 1.82) is 5.41 Å². The Labute approximate surface area is 109 Å². The van der Waals surface area contributed by atoms with Gasteiger partial charge in [-0.1, -0.05) is 26.2 Å². The van der Waals surface area contributed by atoms with E-state index < -0.39 is 0 Å². The summed E-state index contributed by atoms with van der Waals surface area (Å²) in [6.07, 6.45) is 6.76. The van der Waals surface area contributed by atoms with Gasteiger partial charge in [0.15, 0.2) is 5.96 Å². The van der Waals surface area contributed by atoms with Crippen molar-refractivity contribution >= 4 is 11.9 Å². The third kappa shape index (κ3) is 5.89. The maximum Gasteiger partial charge on any atom is 0.221 e. The number of nitrogens with two attached hydrogens (primary N) is 1. The second kappa shape index (κ2) is 7.95. The molecule has 1 aliphatic carbocycles. The van der Waals surface area contributed by atoms with Crippen LogP contribution in [0.1, 0.15) is 45.4 Å². The molecule has 0 aromatic carbocycles. The molecule has 5 heteroatoms. The smallest absolute Gasteiger partial charge is 0.221 e. The van der Waals surface area contributed by atoms with Gasteiger partial charge in [-0.15, -0.1) is 0 Å². The van der Waals surface area contributed by atoms with Crippen LogP contribution in [-0.4, -0.2) is 25.0 Å². The molecule has 1 amide bonds. The Hall–Kier alpha value is -1.26. The highest BCUT2D eigenvalue weighted by Gasteiger charge is 2.20. The Bertz CT molecular complexity index is 272. The average Bonchev–Trinajstić information content (AvgIpc) is 2.36. The van der Waals surface area contributed by atoms with Crippen molar-refractivity contribution in [3.63, 3.8) is 0 Å². The van der Waals surface area contributed by atoms with E-state index in [0.29, 0.717) is 18.9 Å². The zero-order valence-electron chi connectivity index (χ0n) is 11.3. The Morgan fingerprint density at radius 3 is 2.39 bits per heavy atom. The van der Waals surface area contributed by atoms with Gasteiger partial charge in [0.25, 0.3) is 0 Å². The Balaban J connectivity index is 2.06. The van der Waals surface area contributed by atoms with Gasteiger partial charge < -0.3 is 16.4 Å². The molecule has 0 aliphatic heterocycles. The molecule has 1 aliphatic rings. The molecule has 0 saturated heterocycles. The van der Waals surface area contributed by atoms with Gasteiger partial charge >= 0.3 is 0 Å². The lowest BCUT2D eigenvalue weighted by Gasteiger charge is -2.27. The van der Waals surface area contributed by atoms with Gasteiger partial charge in [0.05, 0.1) is 0 Å². The van der Waals surface area contributed by atoms with Crippen LogP contribution in [0.25, 0.3) is 0 Å². The second-order valence-corrected chi connectivity index (χ2v) is 5.19. The number of amides is 1. The van der Waals surface area contributed by atoms with Gasteiger partial charge in [-0.25, -0.2) is 0 Å². The monoisotopic (exact) mass is 254 g/mol. The number of hydrogen-bond acceptors (Lipinski definition) is 2. The highest BCUT2D eigenvalue weighted by Crippen LogP contribution is 2.29. The van der Waals surface area contributed by atoms with E-state index in [2.05, 4.69) is 17.6 Å². The summed E-state index contributed by atoms with van der Waals surface area (Å²) in [7, 11) is 0. The zero-order chi connectivity index (χ0) is 13.4. The molecule has 18 heavy (non-hydrogen) atoms. The third-order valence-electron chi connectivity index (χ3n) is 3.80. The Morgan fingerprint density at radius 2 is 1.83 bits per heavy atom. The summed E-state index contributed by atoms with van der Waals surface area (Å²) < 4.78 is 0. The third-order valence-corrected chi connectivity index (χ3v) is 3.80. The summed E-state index contributed by atoms with van der Waals surface area (Å²) in [5.74, 6) is 1.51. The van der Waals surface area contributed by atoms with E-state index in [0.717, 1.165) is 12.5 Å². The van der Waals surface area contributed by atoms with Gasteiger partial charge in [0.1, 0.15) is 0 Å². The number of guanidine groups is 1. The van der Waals surface area contributed by atoms with E-state index in [1.165, 1.54) is 32.1 Å². The van der Waals surface area contributed by atoms with Gasteiger partial charge in [0.2, 0.25) is 5.91 Å². The van der Waals surface area contributed by atoms with Gasteiger partial charge in [0, 0.05) is 19.5 Å². The first-order valence-corrected chi connectivity index (χ1v) is 6.96. The summed E-state index contributed by atoms with van der Waals surface area (Å²) in [6.45, 7) is 3.49. The average molecular weight is 254 g/mol. The first-order chi connectivity index (χ1) is 8.61. The maximum absolute atomic E-state index is 11.5. The van der Waals surface area contributed by atoms with E-state index in [-0.39, 0.29) is 11.9 Å². The molecule has 0 aromatic heterocycles. The molecule has 0 unspecified atom stereocenters.